The van der Waals surface area contributed by atoms with Crippen LogP contribution in [-0.4, -0.2) is 40.0 Å². The van der Waals surface area contributed by atoms with Crippen molar-refractivity contribution in [2.45, 2.75) is 72.0 Å². The molecule has 3 rings (SSSR count). The Bertz CT molecular complexity index is 873. The predicted molar refractivity (Wildman–Crippen MR) is 123 cm³/mol. The highest BCUT2D eigenvalue weighted by Gasteiger charge is 2.18. The average Bonchev–Trinajstić information content (AvgIpc) is 3.38. The minimum absolute atomic E-state index is 0.0452. The Morgan fingerprint density at radius 3 is 2.52 bits per heavy atom. The molecule has 2 N–H and O–H groups in total. The van der Waals surface area contributed by atoms with Gasteiger partial charge in [0.1, 0.15) is 12.4 Å². The third-order valence-electron chi connectivity index (χ3n) is 5.68. The number of nitrogens with one attached hydrogen (secondary N) is 2. The maximum atomic E-state index is 5.80. The van der Waals surface area contributed by atoms with Crippen LogP contribution in [0.5, 0.6) is 11.5 Å². The summed E-state index contributed by atoms with van der Waals surface area (Å²) in [6, 6.07) is 6.60. The van der Waals surface area contributed by atoms with E-state index in [1.165, 1.54) is 25.7 Å². The summed E-state index contributed by atoms with van der Waals surface area (Å²) in [5, 5.41) is 15.5. The zero-order chi connectivity index (χ0) is 22.2. The summed E-state index contributed by atoms with van der Waals surface area (Å²) in [4.78, 5) is 4.82. The second kappa shape index (κ2) is 11.0. The van der Waals surface area contributed by atoms with Gasteiger partial charge < -0.3 is 24.7 Å². The van der Waals surface area contributed by atoms with Gasteiger partial charge in [0.25, 0.3) is 0 Å². The first-order valence-electron chi connectivity index (χ1n) is 11.3. The molecule has 1 aliphatic carbocycles. The quantitative estimate of drug-likeness (QED) is 0.468. The van der Waals surface area contributed by atoms with Crippen LogP contribution in [0.4, 0.5) is 0 Å². The normalized spacial score (nSPS) is 15.7. The van der Waals surface area contributed by atoms with Crippen molar-refractivity contribution >= 4 is 5.96 Å². The van der Waals surface area contributed by atoms with Crippen LogP contribution in [0, 0.1) is 6.92 Å². The molecule has 0 aliphatic heterocycles. The van der Waals surface area contributed by atoms with Gasteiger partial charge in [-0.2, -0.15) is 0 Å². The van der Waals surface area contributed by atoms with Crippen LogP contribution in [-0.2, 0) is 13.6 Å². The van der Waals surface area contributed by atoms with E-state index in [9.17, 15) is 0 Å². The molecule has 2 aromatic rings. The molecule has 0 spiro atoms. The molecule has 170 valence electrons. The number of nitrogens with zero attached hydrogens (tertiary/aromatic N) is 4. The van der Waals surface area contributed by atoms with Gasteiger partial charge in [-0.15, -0.1) is 10.2 Å². The minimum Gasteiger partial charge on any atom is -0.490 e. The Balaban J connectivity index is 1.76. The fourth-order valence-corrected chi connectivity index (χ4v) is 3.76. The van der Waals surface area contributed by atoms with Gasteiger partial charge in [-0.25, -0.2) is 4.99 Å². The summed E-state index contributed by atoms with van der Waals surface area (Å²) in [5.74, 6) is 4.07. The van der Waals surface area contributed by atoms with Crippen molar-refractivity contribution in [2.75, 3.05) is 13.2 Å². The van der Waals surface area contributed by atoms with Gasteiger partial charge in [-0.05, 0) is 58.2 Å². The molecule has 1 saturated carbocycles. The summed E-state index contributed by atoms with van der Waals surface area (Å²) >= 11 is 0. The lowest BCUT2D eigenvalue weighted by atomic mass is 10.1. The number of benzene rings is 1. The highest BCUT2D eigenvalue weighted by molar-refractivity contribution is 5.80. The third kappa shape index (κ3) is 6.12. The average molecular weight is 429 g/mol. The minimum atomic E-state index is 0.0452. The van der Waals surface area contributed by atoms with Crippen LogP contribution >= 0.6 is 0 Å². The van der Waals surface area contributed by atoms with Crippen LogP contribution in [0.1, 0.15) is 69.7 Å². The SMILES string of the molecule is CCOc1ccc(C(C)NC(=NCc2nnc(C)n2C)NC2CCCC2)cc1OCC. The Labute approximate surface area is 185 Å². The van der Waals surface area contributed by atoms with Gasteiger partial charge in [0.15, 0.2) is 23.3 Å². The summed E-state index contributed by atoms with van der Waals surface area (Å²) in [6.07, 6.45) is 4.88. The maximum absolute atomic E-state index is 5.80. The third-order valence-corrected chi connectivity index (χ3v) is 5.68. The van der Waals surface area contributed by atoms with Crippen molar-refractivity contribution < 1.29 is 9.47 Å². The number of aryl methyl sites for hydroxylation is 1. The van der Waals surface area contributed by atoms with Crippen molar-refractivity contribution in [3.8, 4) is 11.5 Å². The van der Waals surface area contributed by atoms with Gasteiger partial charge in [-0.3, -0.25) is 0 Å². The first kappa shape index (κ1) is 22.9. The fraction of sp³-hybridized carbons (Fsp3) is 0.609. The van der Waals surface area contributed by atoms with E-state index in [1.807, 2.05) is 44.5 Å². The van der Waals surface area contributed by atoms with Crippen LogP contribution in [0.3, 0.4) is 0 Å². The number of hydrogen-bond donors (Lipinski definition) is 2. The lowest BCUT2D eigenvalue weighted by Gasteiger charge is -2.22. The molecular formula is C23H36N6O2. The zero-order valence-corrected chi connectivity index (χ0v) is 19.4. The van der Waals surface area contributed by atoms with E-state index in [2.05, 4.69) is 33.8 Å². The summed E-state index contributed by atoms with van der Waals surface area (Å²) < 4.78 is 13.5. The largest absolute Gasteiger partial charge is 0.490 e. The molecule has 0 amide bonds. The Morgan fingerprint density at radius 2 is 1.87 bits per heavy atom. The van der Waals surface area contributed by atoms with Crippen LogP contribution < -0.4 is 20.1 Å². The maximum Gasteiger partial charge on any atom is 0.192 e. The predicted octanol–water partition coefficient (Wildman–Crippen LogP) is 3.66. The van der Waals surface area contributed by atoms with Crippen molar-refractivity contribution in [2.24, 2.45) is 12.0 Å². The Kier molecular flexibility index (Phi) is 8.14. The van der Waals surface area contributed by atoms with Crippen molar-refractivity contribution in [1.29, 1.82) is 0 Å². The summed E-state index contributed by atoms with van der Waals surface area (Å²) in [7, 11) is 1.97. The van der Waals surface area contributed by atoms with E-state index in [1.54, 1.807) is 0 Å². The lowest BCUT2D eigenvalue weighted by molar-refractivity contribution is 0.287. The highest BCUT2D eigenvalue weighted by atomic mass is 16.5. The second-order valence-electron chi connectivity index (χ2n) is 7.95. The monoisotopic (exact) mass is 428 g/mol. The first-order valence-corrected chi connectivity index (χ1v) is 11.3. The zero-order valence-electron chi connectivity index (χ0n) is 19.4. The number of guanidine groups is 1. The summed E-state index contributed by atoms with van der Waals surface area (Å²) in [6.45, 7) is 9.71. The fourth-order valence-electron chi connectivity index (χ4n) is 3.76. The number of aliphatic imine (C=N–C) groups is 1. The van der Waals surface area contributed by atoms with Gasteiger partial charge >= 0.3 is 0 Å². The van der Waals surface area contributed by atoms with Gasteiger partial charge in [-0.1, -0.05) is 18.9 Å². The highest BCUT2D eigenvalue weighted by Crippen LogP contribution is 2.30. The van der Waals surface area contributed by atoms with E-state index in [0.29, 0.717) is 25.8 Å². The van der Waals surface area contributed by atoms with Crippen LogP contribution in [0.25, 0.3) is 0 Å². The standard InChI is InChI=1S/C23H36N6O2/c1-6-30-20-13-12-18(14-21(20)31-7-2)16(3)25-23(26-19-10-8-9-11-19)24-15-22-28-27-17(4)29(22)5/h12-14,16,19H,6-11,15H2,1-5H3,(H2,24,25,26). The van der Waals surface area contributed by atoms with Crippen molar-refractivity contribution in [1.82, 2.24) is 25.4 Å². The van der Waals surface area contributed by atoms with Crippen LogP contribution in [0.15, 0.2) is 23.2 Å². The molecular weight excluding hydrogens is 392 g/mol. The Morgan fingerprint density at radius 1 is 1.16 bits per heavy atom. The second-order valence-corrected chi connectivity index (χ2v) is 7.95. The molecule has 1 aliphatic rings. The molecule has 1 fully saturated rings. The topological polar surface area (TPSA) is 85.6 Å². The molecule has 1 aromatic carbocycles. The molecule has 1 aromatic heterocycles. The van der Waals surface area contributed by atoms with Crippen molar-refractivity contribution in [3.63, 3.8) is 0 Å². The van der Waals surface area contributed by atoms with E-state index in [-0.39, 0.29) is 6.04 Å². The van der Waals surface area contributed by atoms with E-state index < -0.39 is 0 Å². The summed E-state index contributed by atoms with van der Waals surface area (Å²) in [5.41, 5.74) is 1.11. The molecule has 0 saturated heterocycles. The lowest BCUT2D eigenvalue weighted by Crippen LogP contribution is -2.43. The van der Waals surface area contributed by atoms with E-state index >= 15 is 0 Å². The molecule has 31 heavy (non-hydrogen) atoms. The molecule has 8 heteroatoms. The number of hydrogen-bond acceptors (Lipinski definition) is 5. The van der Waals surface area contributed by atoms with Gasteiger partial charge in [0.05, 0.1) is 19.3 Å². The Hall–Kier alpha value is -2.77. The number of aromatic nitrogens is 3. The molecule has 1 unspecified atom stereocenters. The molecule has 1 heterocycles. The van der Waals surface area contributed by atoms with Crippen LogP contribution in [0.2, 0.25) is 0 Å². The molecule has 0 bridgehead atoms. The van der Waals surface area contributed by atoms with E-state index in [4.69, 9.17) is 14.5 Å². The van der Waals surface area contributed by atoms with Gasteiger partial charge in [0.2, 0.25) is 0 Å². The smallest absolute Gasteiger partial charge is 0.192 e. The molecule has 8 nitrogen and oxygen atoms in total. The first-order chi connectivity index (χ1) is 15.0. The molecule has 0 radical (unpaired) electrons. The van der Waals surface area contributed by atoms with E-state index in [0.717, 1.165) is 34.7 Å². The number of ether oxygens (including phenoxy) is 2. The number of rotatable bonds is 9. The molecule has 1 atom stereocenters. The van der Waals surface area contributed by atoms with Crippen molar-refractivity contribution in [3.05, 3.63) is 35.4 Å². The van der Waals surface area contributed by atoms with Gasteiger partial charge in [0, 0.05) is 13.1 Å².